The van der Waals surface area contributed by atoms with Crippen LogP contribution in [0.5, 0.6) is 0 Å². The molecule has 0 fully saturated rings. The van der Waals surface area contributed by atoms with Gasteiger partial charge in [0, 0.05) is 6.08 Å². The molecule has 0 rings (SSSR count). The summed E-state index contributed by atoms with van der Waals surface area (Å²) in [4.78, 5) is 21.4. The second-order valence-electron chi connectivity index (χ2n) is 6.86. The summed E-state index contributed by atoms with van der Waals surface area (Å²) >= 11 is 0. The molecule has 0 aliphatic heterocycles. The van der Waals surface area contributed by atoms with Gasteiger partial charge in [0.25, 0.3) is 0 Å². The van der Waals surface area contributed by atoms with Crippen molar-refractivity contribution in [1.29, 1.82) is 0 Å². The summed E-state index contributed by atoms with van der Waals surface area (Å²) in [6, 6.07) is 0. The number of allylic oxidation sites excluding steroid dienone is 3. The number of aliphatic carboxylic acids is 2. The zero-order chi connectivity index (χ0) is 19.4. The van der Waals surface area contributed by atoms with Gasteiger partial charge in [-0.1, -0.05) is 44.3 Å². The zero-order valence-electron chi connectivity index (χ0n) is 15.4. The van der Waals surface area contributed by atoms with E-state index >= 15 is 0 Å². The fourth-order valence-corrected chi connectivity index (χ4v) is 2.92. The highest BCUT2D eigenvalue weighted by Gasteiger charge is 2.24. The summed E-state index contributed by atoms with van der Waals surface area (Å²) in [6.45, 7) is 5.36. The number of carboxylic acid groups (broad SMARTS) is 2. The number of carboxylic acids is 2. The van der Waals surface area contributed by atoms with E-state index in [1.807, 2.05) is 13.0 Å². The Labute approximate surface area is 149 Å². The van der Waals surface area contributed by atoms with Gasteiger partial charge in [-0.15, -0.1) is 0 Å². The van der Waals surface area contributed by atoms with E-state index in [0.717, 1.165) is 43.3 Å². The molecule has 0 heterocycles. The monoisotopic (exact) mass is 356 g/mol. The van der Waals surface area contributed by atoms with Crippen LogP contribution in [0, 0.1) is 11.8 Å². The van der Waals surface area contributed by atoms with E-state index in [0.29, 0.717) is 12.3 Å². The minimum Gasteiger partial charge on any atom is -0.481 e. The number of aliphatic hydroxyl groups excluding tert-OH is 2. The summed E-state index contributed by atoms with van der Waals surface area (Å²) in [5.74, 6) is -2.74. The van der Waals surface area contributed by atoms with Crippen LogP contribution in [-0.4, -0.2) is 45.1 Å². The van der Waals surface area contributed by atoms with Crippen LogP contribution in [0.15, 0.2) is 23.3 Å². The smallest absolute Gasteiger partial charge is 0.328 e. The molecular weight excluding hydrogens is 324 g/mol. The number of rotatable bonds is 13. The van der Waals surface area contributed by atoms with Crippen molar-refractivity contribution >= 4 is 11.9 Å². The van der Waals surface area contributed by atoms with Crippen LogP contribution in [0.4, 0.5) is 0 Å². The second-order valence-corrected chi connectivity index (χ2v) is 6.86. The Morgan fingerprint density at radius 3 is 2.12 bits per heavy atom. The van der Waals surface area contributed by atoms with E-state index < -0.39 is 30.6 Å². The van der Waals surface area contributed by atoms with Crippen LogP contribution >= 0.6 is 0 Å². The highest BCUT2D eigenvalue weighted by atomic mass is 16.4. The SMILES string of the molecule is CC(=C\C(=O)O)/C=C(\C)C[C@@H](C)CCCCC[C@@H](O)[C@@H](CO)C(=O)O. The molecule has 0 radical (unpaired) electrons. The van der Waals surface area contributed by atoms with Crippen molar-refractivity contribution in [2.45, 2.75) is 65.4 Å². The van der Waals surface area contributed by atoms with Crippen LogP contribution in [0.1, 0.15) is 59.3 Å². The lowest BCUT2D eigenvalue weighted by Crippen LogP contribution is -2.31. The molecule has 144 valence electrons. The summed E-state index contributed by atoms with van der Waals surface area (Å²) in [5, 5.41) is 36.3. The van der Waals surface area contributed by atoms with Crippen molar-refractivity contribution in [3.05, 3.63) is 23.3 Å². The largest absolute Gasteiger partial charge is 0.481 e. The van der Waals surface area contributed by atoms with Crippen molar-refractivity contribution in [3.63, 3.8) is 0 Å². The van der Waals surface area contributed by atoms with E-state index in [4.69, 9.17) is 15.3 Å². The van der Waals surface area contributed by atoms with Crippen molar-refractivity contribution in [2.75, 3.05) is 6.61 Å². The molecule has 0 bridgehead atoms. The number of hydrogen-bond acceptors (Lipinski definition) is 4. The Hall–Kier alpha value is -1.66. The molecule has 0 aliphatic rings. The molecule has 0 saturated heterocycles. The van der Waals surface area contributed by atoms with Gasteiger partial charge in [-0.2, -0.15) is 0 Å². The Bertz CT molecular complexity index is 480. The molecule has 0 saturated carbocycles. The molecular formula is C19H32O6. The Morgan fingerprint density at radius 1 is 1.00 bits per heavy atom. The van der Waals surface area contributed by atoms with Gasteiger partial charge >= 0.3 is 11.9 Å². The highest BCUT2D eigenvalue weighted by Crippen LogP contribution is 2.20. The van der Waals surface area contributed by atoms with Gasteiger partial charge in [-0.25, -0.2) is 4.79 Å². The minimum absolute atomic E-state index is 0.379. The normalized spacial score (nSPS) is 16.4. The number of unbranched alkanes of at least 4 members (excludes halogenated alkanes) is 2. The average Bonchev–Trinajstić information content (AvgIpc) is 2.45. The fourth-order valence-electron chi connectivity index (χ4n) is 2.92. The van der Waals surface area contributed by atoms with Gasteiger partial charge in [0.15, 0.2) is 0 Å². The van der Waals surface area contributed by atoms with Crippen molar-refractivity contribution < 1.29 is 30.0 Å². The molecule has 0 unspecified atom stereocenters. The predicted molar refractivity (Wildman–Crippen MR) is 96.2 cm³/mol. The van der Waals surface area contributed by atoms with E-state index in [1.54, 1.807) is 6.92 Å². The van der Waals surface area contributed by atoms with Crippen molar-refractivity contribution in [3.8, 4) is 0 Å². The average molecular weight is 356 g/mol. The van der Waals surface area contributed by atoms with Gasteiger partial charge in [0.1, 0.15) is 5.92 Å². The van der Waals surface area contributed by atoms with Gasteiger partial charge in [-0.05, 0) is 38.2 Å². The van der Waals surface area contributed by atoms with E-state index in [9.17, 15) is 14.7 Å². The Kier molecular flexibility index (Phi) is 11.8. The third kappa shape index (κ3) is 11.5. The van der Waals surface area contributed by atoms with Crippen LogP contribution < -0.4 is 0 Å². The predicted octanol–water partition coefficient (Wildman–Crippen LogP) is 2.99. The van der Waals surface area contributed by atoms with Gasteiger partial charge < -0.3 is 20.4 Å². The van der Waals surface area contributed by atoms with Crippen LogP contribution in [-0.2, 0) is 9.59 Å². The minimum atomic E-state index is -1.17. The summed E-state index contributed by atoms with van der Waals surface area (Å²) < 4.78 is 0. The van der Waals surface area contributed by atoms with Crippen LogP contribution in [0.25, 0.3) is 0 Å². The maximum Gasteiger partial charge on any atom is 0.328 e. The van der Waals surface area contributed by atoms with Crippen molar-refractivity contribution in [1.82, 2.24) is 0 Å². The zero-order valence-corrected chi connectivity index (χ0v) is 15.4. The van der Waals surface area contributed by atoms with Gasteiger partial charge in [0.05, 0.1) is 12.7 Å². The molecule has 0 spiro atoms. The first-order chi connectivity index (χ1) is 11.7. The first-order valence-corrected chi connectivity index (χ1v) is 8.77. The van der Waals surface area contributed by atoms with E-state index in [-0.39, 0.29) is 0 Å². The molecule has 6 heteroatoms. The number of carbonyl (C=O) groups is 2. The summed E-state index contributed by atoms with van der Waals surface area (Å²) in [5.41, 5.74) is 1.87. The molecule has 4 N–H and O–H groups in total. The molecule has 0 aromatic rings. The summed E-state index contributed by atoms with van der Waals surface area (Å²) in [6.07, 6.45) is 7.00. The third-order valence-electron chi connectivity index (χ3n) is 4.17. The molecule has 25 heavy (non-hydrogen) atoms. The lowest BCUT2D eigenvalue weighted by Gasteiger charge is -2.17. The topological polar surface area (TPSA) is 115 Å². The molecule has 0 aromatic carbocycles. The second kappa shape index (κ2) is 12.7. The van der Waals surface area contributed by atoms with Crippen molar-refractivity contribution in [2.24, 2.45) is 11.8 Å². The highest BCUT2D eigenvalue weighted by molar-refractivity contribution is 5.81. The van der Waals surface area contributed by atoms with Gasteiger partial charge in [-0.3, -0.25) is 4.79 Å². The molecule has 6 nitrogen and oxygen atoms in total. The number of hydrogen-bond donors (Lipinski definition) is 4. The third-order valence-corrected chi connectivity index (χ3v) is 4.17. The maximum atomic E-state index is 10.8. The van der Waals surface area contributed by atoms with E-state index in [2.05, 4.69) is 6.92 Å². The molecule has 0 aliphatic carbocycles. The van der Waals surface area contributed by atoms with Crippen LogP contribution in [0.3, 0.4) is 0 Å². The fraction of sp³-hybridized carbons (Fsp3) is 0.684. The van der Waals surface area contributed by atoms with Gasteiger partial charge in [0.2, 0.25) is 0 Å². The lowest BCUT2D eigenvalue weighted by atomic mass is 9.93. The summed E-state index contributed by atoms with van der Waals surface area (Å²) in [7, 11) is 0. The number of aliphatic hydroxyl groups is 2. The lowest BCUT2D eigenvalue weighted by molar-refractivity contribution is -0.147. The molecule has 0 aromatic heterocycles. The van der Waals surface area contributed by atoms with E-state index in [1.165, 1.54) is 6.08 Å². The quantitative estimate of drug-likeness (QED) is 0.229. The molecule has 3 atom stereocenters. The maximum absolute atomic E-state index is 10.8. The first kappa shape index (κ1) is 23.3. The van der Waals surface area contributed by atoms with Crippen LogP contribution in [0.2, 0.25) is 0 Å². The first-order valence-electron chi connectivity index (χ1n) is 8.77. The standard InChI is InChI=1S/C19H32O6/c1-13(9-14(2)10-15(3)11-18(22)23)7-5-4-6-8-17(21)16(12-20)19(24)25/h10-11,13,16-17,20-21H,4-9,12H2,1-3H3,(H,22,23)(H,24,25)/b14-10+,15-11+/t13-,16+,17+/m0/s1. The Balaban J connectivity index is 4.04. The Morgan fingerprint density at radius 2 is 1.60 bits per heavy atom. The molecule has 0 amide bonds.